The molecular weight excluding hydrogens is 612 g/mol. The van der Waals surface area contributed by atoms with Gasteiger partial charge >= 0.3 is 0 Å². The van der Waals surface area contributed by atoms with Crippen LogP contribution in [0.15, 0.2) is 72.8 Å². The molecule has 232 valence electrons. The van der Waals surface area contributed by atoms with Crippen LogP contribution in [-0.4, -0.2) is 44.5 Å². The monoisotopic (exact) mass is 645 g/mol. The lowest BCUT2D eigenvalue weighted by Crippen LogP contribution is -2.52. The molecule has 0 spiro atoms. The van der Waals surface area contributed by atoms with Crippen molar-refractivity contribution < 1.29 is 4.39 Å². The first-order chi connectivity index (χ1) is 21.6. The van der Waals surface area contributed by atoms with Crippen LogP contribution >= 0.6 is 23.2 Å². The second kappa shape index (κ2) is 12.7. The number of rotatable bonds is 7. The number of hydrazine groups is 2. The van der Waals surface area contributed by atoms with Gasteiger partial charge in [0.1, 0.15) is 6.07 Å². The fraction of sp³-hybridized carbons (Fsp3) is 0.303. The maximum absolute atomic E-state index is 14.2. The molecule has 2 aromatic carbocycles. The highest BCUT2D eigenvalue weighted by atomic mass is 35.5. The van der Waals surface area contributed by atoms with Crippen LogP contribution in [-0.2, 0) is 0 Å². The largest absolute Gasteiger partial charge is 0.373 e. The molecule has 0 radical (unpaired) electrons. The third kappa shape index (κ3) is 6.63. The highest BCUT2D eigenvalue weighted by Gasteiger charge is 2.32. The van der Waals surface area contributed by atoms with Crippen molar-refractivity contribution >= 4 is 51.2 Å². The van der Waals surface area contributed by atoms with Crippen LogP contribution in [0.5, 0.6) is 0 Å². The van der Waals surface area contributed by atoms with Gasteiger partial charge in [0.15, 0.2) is 11.0 Å². The zero-order valence-corrected chi connectivity index (χ0v) is 26.7. The maximum atomic E-state index is 14.2. The van der Waals surface area contributed by atoms with Gasteiger partial charge in [-0.15, -0.1) is 5.53 Å². The lowest BCUT2D eigenvalue weighted by atomic mass is 9.98. The Morgan fingerprint density at radius 1 is 1.04 bits per heavy atom. The lowest BCUT2D eigenvalue weighted by molar-refractivity contribution is 0.0570. The van der Waals surface area contributed by atoms with Crippen molar-refractivity contribution in [3.8, 4) is 6.07 Å². The molecule has 0 unspecified atom stereocenters. The topological polar surface area (TPSA) is 104 Å². The molecule has 2 aliphatic rings. The Labute approximate surface area is 272 Å². The van der Waals surface area contributed by atoms with Gasteiger partial charge in [-0.05, 0) is 51.3 Å². The van der Waals surface area contributed by atoms with Crippen LogP contribution in [0.2, 0.25) is 10.2 Å². The van der Waals surface area contributed by atoms with E-state index in [0.29, 0.717) is 39.0 Å². The van der Waals surface area contributed by atoms with Crippen molar-refractivity contribution in [2.75, 3.05) is 23.7 Å². The fourth-order valence-electron chi connectivity index (χ4n) is 5.85. The van der Waals surface area contributed by atoms with E-state index < -0.39 is 5.82 Å². The predicted molar refractivity (Wildman–Crippen MR) is 177 cm³/mol. The maximum Gasteiger partial charge on any atom is 0.164 e. The number of hydrogen-bond donors (Lipinski definition) is 4. The van der Waals surface area contributed by atoms with Crippen LogP contribution in [0.4, 0.5) is 21.5 Å². The second-order valence-electron chi connectivity index (χ2n) is 12.2. The molecule has 6 rings (SSSR count). The molecule has 4 N–H and O–H groups in total. The van der Waals surface area contributed by atoms with E-state index in [1.807, 2.05) is 30.3 Å². The average molecular weight is 647 g/mol. The molecule has 4 aromatic rings. The van der Waals surface area contributed by atoms with Crippen LogP contribution in [0, 0.1) is 17.1 Å². The van der Waals surface area contributed by atoms with Crippen LogP contribution in [0.1, 0.15) is 50.8 Å². The number of likely N-dealkylation sites (tertiary alicyclic amines) is 1. The number of nitrogens with one attached hydrogen (secondary N) is 4. The molecule has 12 heteroatoms. The standard InChI is InChI=1S/C33H34Cl2FN9/c1-33(2,3)44-11-9-24(10-12-44)45-19-28(42-43-45)30(20-7-5-4-6-8-20)40-22-13-25-29(41-23-15-27(36)32(35)39-18-23)21(16-37)17-38-31(25)26(34)14-22/h4-8,13-15,17-19,24,30,40,42-43H,9-12H2,1-3H3,(H,38,41)/t30-/m0/s1. The summed E-state index contributed by atoms with van der Waals surface area (Å²) in [5.74, 6) is -0.677. The first-order valence-corrected chi connectivity index (χ1v) is 15.5. The number of nitriles is 1. The van der Waals surface area contributed by atoms with E-state index >= 15 is 0 Å². The number of nitrogens with zero attached hydrogens (tertiary/aromatic N) is 5. The van der Waals surface area contributed by atoms with Gasteiger partial charge in [0.2, 0.25) is 0 Å². The van der Waals surface area contributed by atoms with Gasteiger partial charge in [0, 0.05) is 54.2 Å². The van der Waals surface area contributed by atoms with E-state index in [-0.39, 0.29) is 22.3 Å². The van der Waals surface area contributed by atoms with E-state index in [1.54, 1.807) is 0 Å². The van der Waals surface area contributed by atoms with E-state index in [2.05, 4.69) is 86.6 Å². The molecule has 2 aromatic heterocycles. The van der Waals surface area contributed by atoms with E-state index in [0.717, 1.165) is 37.2 Å². The van der Waals surface area contributed by atoms with Gasteiger partial charge in [-0.1, -0.05) is 53.5 Å². The molecule has 9 nitrogen and oxygen atoms in total. The minimum Gasteiger partial charge on any atom is -0.373 e. The van der Waals surface area contributed by atoms with E-state index in [4.69, 9.17) is 23.2 Å². The fourth-order valence-corrected chi connectivity index (χ4v) is 6.22. The normalized spacial score (nSPS) is 16.6. The van der Waals surface area contributed by atoms with Gasteiger partial charge in [-0.3, -0.25) is 14.9 Å². The number of aromatic nitrogens is 2. The van der Waals surface area contributed by atoms with Crippen molar-refractivity contribution in [2.24, 2.45) is 0 Å². The molecule has 0 saturated carbocycles. The average Bonchev–Trinajstić information content (AvgIpc) is 3.52. The summed E-state index contributed by atoms with van der Waals surface area (Å²) in [5.41, 5.74) is 11.1. The Balaban J connectivity index is 1.33. The summed E-state index contributed by atoms with van der Waals surface area (Å²) in [7, 11) is 0. The molecule has 0 amide bonds. The summed E-state index contributed by atoms with van der Waals surface area (Å²) in [4.78, 5) is 10.9. The molecule has 2 aliphatic heterocycles. The smallest absolute Gasteiger partial charge is 0.164 e. The SMILES string of the molecule is CC(C)(C)N1CCC(N2C=C([C@@H](Nc3cc(Cl)c4ncc(C#N)c(Nc5cnc(Cl)c(F)c5)c4c3)c3ccccc3)NN2)CC1. The quantitative estimate of drug-likeness (QED) is 0.154. The minimum absolute atomic E-state index is 0.160. The Bertz CT molecular complexity index is 1780. The Kier molecular flexibility index (Phi) is 8.71. The molecule has 1 saturated heterocycles. The molecule has 0 bridgehead atoms. The van der Waals surface area contributed by atoms with Crippen molar-refractivity contribution in [3.05, 3.63) is 99.9 Å². The number of benzene rings is 2. The summed E-state index contributed by atoms with van der Waals surface area (Å²) in [5, 5.41) is 19.6. The number of hydrogen-bond acceptors (Lipinski definition) is 9. The Morgan fingerprint density at radius 3 is 2.49 bits per heavy atom. The number of halogens is 3. The van der Waals surface area contributed by atoms with Gasteiger partial charge in [0.25, 0.3) is 0 Å². The van der Waals surface area contributed by atoms with E-state index in [1.165, 1.54) is 18.5 Å². The zero-order chi connectivity index (χ0) is 31.7. The summed E-state index contributed by atoms with van der Waals surface area (Å²) in [6, 6.07) is 17.3. The Morgan fingerprint density at radius 2 is 1.80 bits per heavy atom. The predicted octanol–water partition coefficient (Wildman–Crippen LogP) is 7.27. The first kappa shape index (κ1) is 30.9. The van der Waals surface area contributed by atoms with Crippen molar-refractivity contribution in [1.82, 2.24) is 30.8 Å². The van der Waals surface area contributed by atoms with Gasteiger partial charge < -0.3 is 16.1 Å². The zero-order valence-electron chi connectivity index (χ0n) is 25.2. The third-order valence-electron chi connectivity index (χ3n) is 8.28. The molecule has 0 aliphatic carbocycles. The summed E-state index contributed by atoms with van der Waals surface area (Å²) < 4.78 is 14.2. The number of anilines is 3. The third-order valence-corrected chi connectivity index (χ3v) is 8.85. The summed E-state index contributed by atoms with van der Waals surface area (Å²) >= 11 is 12.6. The molecule has 1 atom stereocenters. The molecule has 45 heavy (non-hydrogen) atoms. The van der Waals surface area contributed by atoms with Crippen LogP contribution < -0.4 is 21.6 Å². The lowest BCUT2D eigenvalue weighted by Gasteiger charge is -2.42. The molecular formula is C33H34Cl2FN9. The Hall–Kier alpha value is -4.14. The first-order valence-electron chi connectivity index (χ1n) is 14.8. The summed E-state index contributed by atoms with van der Waals surface area (Å²) in [6.45, 7) is 8.88. The number of piperidine rings is 1. The van der Waals surface area contributed by atoms with Gasteiger partial charge in [-0.2, -0.15) is 5.26 Å². The van der Waals surface area contributed by atoms with Crippen molar-refractivity contribution in [2.45, 2.75) is 51.2 Å². The van der Waals surface area contributed by atoms with Crippen LogP contribution in [0.3, 0.4) is 0 Å². The molecule has 1 fully saturated rings. The second-order valence-corrected chi connectivity index (χ2v) is 13.0. The number of pyridine rings is 2. The molecule has 4 heterocycles. The van der Waals surface area contributed by atoms with Crippen LogP contribution in [0.25, 0.3) is 10.9 Å². The van der Waals surface area contributed by atoms with Crippen molar-refractivity contribution in [3.63, 3.8) is 0 Å². The minimum atomic E-state index is -0.677. The summed E-state index contributed by atoms with van der Waals surface area (Å²) in [6.07, 6.45) is 7.08. The van der Waals surface area contributed by atoms with E-state index in [9.17, 15) is 9.65 Å². The van der Waals surface area contributed by atoms with Gasteiger partial charge in [0.05, 0.1) is 45.4 Å². The highest BCUT2D eigenvalue weighted by Crippen LogP contribution is 2.37. The number of fused-ring (bicyclic) bond motifs is 1. The van der Waals surface area contributed by atoms with Gasteiger partial charge in [-0.25, -0.2) is 9.37 Å². The van der Waals surface area contributed by atoms with Crippen molar-refractivity contribution in [1.29, 1.82) is 5.26 Å². The highest BCUT2D eigenvalue weighted by molar-refractivity contribution is 6.36.